The normalized spacial score (nSPS) is 10.5. The van der Waals surface area contributed by atoms with Crippen LogP contribution in [0.15, 0.2) is 41.9 Å². The fourth-order valence-electron chi connectivity index (χ4n) is 2.84. The second kappa shape index (κ2) is 9.98. The van der Waals surface area contributed by atoms with Crippen LogP contribution in [0.1, 0.15) is 36.5 Å². The number of nitrogens with zero attached hydrogens (tertiary/aromatic N) is 2. The Bertz CT molecular complexity index is 1050. The lowest BCUT2D eigenvalue weighted by molar-refractivity contribution is -0.116. The van der Waals surface area contributed by atoms with Gasteiger partial charge in [-0.15, -0.1) is 11.3 Å². The van der Waals surface area contributed by atoms with Crippen LogP contribution in [0.2, 0.25) is 0 Å². The number of unbranched alkanes of at least 4 members (excludes halogenated alkanes) is 1. The summed E-state index contributed by atoms with van der Waals surface area (Å²) in [6.07, 6.45) is 4.05. The van der Waals surface area contributed by atoms with E-state index in [-0.39, 0.29) is 5.91 Å². The maximum absolute atomic E-state index is 11.9. The Morgan fingerprint density at radius 3 is 2.73 bits per heavy atom. The molecule has 0 unspecified atom stereocenters. The summed E-state index contributed by atoms with van der Waals surface area (Å²) >= 11 is 1.50. The minimum Gasteiger partial charge on any atom is -0.496 e. The molecular weight excluding hydrogens is 402 g/mol. The van der Waals surface area contributed by atoms with Crippen LogP contribution in [0.5, 0.6) is 5.75 Å². The third-order valence-electron chi connectivity index (χ3n) is 4.41. The monoisotopic (exact) mass is 425 g/mol. The van der Waals surface area contributed by atoms with E-state index in [9.17, 15) is 9.59 Å². The predicted molar refractivity (Wildman–Crippen MR) is 117 cm³/mol. The quantitative estimate of drug-likeness (QED) is 0.522. The van der Waals surface area contributed by atoms with Crippen molar-refractivity contribution >= 4 is 28.9 Å². The molecule has 0 saturated heterocycles. The lowest BCUT2D eigenvalue weighted by atomic mass is 10.1. The highest BCUT2D eigenvalue weighted by Crippen LogP contribution is 2.31. The summed E-state index contributed by atoms with van der Waals surface area (Å²) in [6.45, 7) is 2.06. The molecule has 0 spiro atoms. The van der Waals surface area contributed by atoms with Gasteiger partial charge in [0.25, 0.3) is 0 Å². The van der Waals surface area contributed by atoms with Crippen LogP contribution in [0.4, 0.5) is 5.69 Å². The number of amides is 1. The molecule has 0 atom stereocenters. The van der Waals surface area contributed by atoms with Crippen LogP contribution >= 0.6 is 11.3 Å². The van der Waals surface area contributed by atoms with E-state index in [0.717, 1.165) is 29.1 Å². The van der Waals surface area contributed by atoms with Gasteiger partial charge in [-0.05, 0) is 30.7 Å². The van der Waals surface area contributed by atoms with E-state index in [1.165, 1.54) is 25.6 Å². The zero-order valence-electron chi connectivity index (χ0n) is 17.1. The van der Waals surface area contributed by atoms with Gasteiger partial charge in [0.05, 0.1) is 30.5 Å². The molecule has 3 rings (SSSR count). The Morgan fingerprint density at radius 2 is 2.00 bits per heavy atom. The highest BCUT2D eigenvalue weighted by molar-refractivity contribution is 7.14. The number of hydrogen-bond donors (Lipinski definition) is 1. The Kier molecular flexibility index (Phi) is 7.13. The molecule has 0 aliphatic carbocycles. The number of esters is 1. The molecule has 3 aromatic rings. The maximum atomic E-state index is 11.9. The van der Waals surface area contributed by atoms with Gasteiger partial charge in [0, 0.05) is 23.6 Å². The number of thiophene rings is 1. The number of methoxy groups -OCH3 is 2. The lowest BCUT2D eigenvalue weighted by Gasteiger charge is -2.09. The highest BCUT2D eigenvalue weighted by Gasteiger charge is 2.15. The average Bonchev–Trinajstić information content (AvgIpc) is 3.25. The summed E-state index contributed by atoms with van der Waals surface area (Å²) in [4.78, 5) is 33.7. The molecule has 30 heavy (non-hydrogen) atoms. The number of benzene rings is 1. The van der Waals surface area contributed by atoms with Crippen LogP contribution in [-0.4, -0.2) is 36.1 Å². The van der Waals surface area contributed by atoms with E-state index in [1.54, 1.807) is 24.4 Å². The number of ether oxygens (including phenoxy) is 2. The van der Waals surface area contributed by atoms with E-state index < -0.39 is 5.97 Å². The average molecular weight is 426 g/mol. The van der Waals surface area contributed by atoms with E-state index >= 15 is 0 Å². The smallest absolute Gasteiger partial charge is 0.341 e. The number of nitrogens with one attached hydrogen (secondary N) is 1. The number of carbonyl (C=O) groups is 2. The van der Waals surface area contributed by atoms with Crippen molar-refractivity contribution < 1.29 is 19.1 Å². The van der Waals surface area contributed by atoms with Crippen molar-refractivity contribution in [3.63, 3.8) is 0 Å². The van der Waals surface area contributed by atoms with Crippen molar-refractivity contribution in [2.45, 2.75) is 26.2 Å². The summed E-state index contributed by atoms with van der Waals surface area (Å²) < 4.78 is 10.1. The van der Waals surface area contributed by atoms with Gasteiger partial charge >= 0.3 is 5.97 Å². The Morgan fingerprint density at radius 1 is 1.17 bits per heavy atom. The van der Waals surface area contributed by atoms with Crippen molar-refractivity contribution in [2.24, 2.45) is 0 Å². The van der Waals surface area contributed by atoms with Crippen molar-refractivity contribution in [1.29, 1.82) is 0 Å². The van der Waals surface area contributed by atoms with Crippen molar-refractivity contribution in [1.82, 2.24) is 9.97 Å². The summed E-state index contributed by atoms with van der Waals surface area (Å²) in [5.74, 6) is 0.438. The van der Waals surface area contributed by atoms with Crippen LogP contribution in [0.25, 0.3) is 22.0 Å². The van der Waals surface area contributed by atoms with Crippen LogP contribution in [0, 0.1) is 0 Å². The highest BCUT2D eigenvalue weighted by atomic mass is 32.1. The van der Waals surface area contributed by atoms with Gasteiger partial charge in [-0.1, -0.05) is 19.4 Å². The van der Waals surface area contributed by atoms with Gasteiger partial charge in [0.15, 0.2) is 5.82 Å². The molecule has 7 nitrogen and oxygen atoms in total. The van der Waals surface area contributed by atoms with E-state index in [2.05, 4.69) is 22.2 Å². The van der Waals surface area contributed by atoms with Gasteiger partial charge in [0.1, 0.15) is 11.3 Å². The Hall–Kier alpha value is -3.26. The summed E-state index contributed by atoms with van der Waals surface area (Å²) in [5.41, 5.74) is 2.56. The predicted octanol–water partition coefficient (Wildman–Crippen LogP) is 4.80. The molecule has 0 aliphatic heterocycles. The molecule has 8 heteroatoms. The SMILES string of the molecule is CCCCC(=O)Nc1csc(-c2ccnc(-c3ccc(C(=O)OC)c(OC)c3)n2)c1. The second-order valence-corrected chi connectivity index (χ2v) is 7.43. The molecule has 0 fully saturated rings. The maximum Gasteiger partial charge on any atom is 0.341 e. The van der Waals surface area contributed by atoms with E-state index in [1.807, 2.05) is 17.5 Å². The molecule has 1 amide bonds. The molecule has 0 bridgehead atoms. The third kappa shape index (κ3) is 5.01. The van der Waals surface area contributed by atoms with Gasteiger partial charge in [0.2, 0.25) is 5.91 Å². The van der Waals surface area contributed by atoms with Gasteiger partial charge in [-0.2, -0.15) is 0 Å². The Labute approximate surface area is 179 Å². The topological polar surface area (TPSA) is 90.4 Å². The summed E-state index contributed by atoms with van der Waals surface area (Å²) in [7, 11) is 2.81. The summed E-state index contributed by atoms with van der Waals surface area (Å²) in [5, 5.41) is 4.82. The number of hydrogen-bond acceptors (Lipinski definition) is 7. The lowest BCUT2D eigenvalue weighted by Crippen LogP contribution is -2.09. The van der Waals surface area contributed by atoms with E-state index in [4.69, 9.17) is 9.47 Å². The first kappa shape index (κ1) is 21.4. The molecular formula is C22H23N3O4S. The largest absolute Gasteiger partial charge is 0.496 e. The first-order valence-corrected chi connectivity index (χ1v) is 10.4. The van der Waals surface area contributed by atoms with Gasteiger partial charge < -0.3 is 14.8 Å². The molecule has 0 saturated carbocycles. The number of rotatable bonds is 8. The fourth-order valence-corrected chi connectivity index (χ4v) is 3.65. The molecule has 156 valence electrons. The van der Waals surface area contributed by atoms with Crippen LogP contribution in [-0.2, 0) is 9.53 Å². The summed E-state index contributed by atoms with van der Waals surface area (Å²) in [6, 6.07) is 8.81. The minimum absolute atomic E-state index is 0.0161. The molecule has 1 aromatic carbocycles. The molecule has 1 N–H and O–H groups in total. The second-order valence-electron chi connectivity index (χ2n) is 6.52. The van der Waals surface area contributed by atoms with Crippen LogP contribution < -0.4 is 10.1 Å². The number of aromatic nitrogens is 2. The molecule has 2 heterocycles. The van der Waals surface area contributed by atoms with Crippen LogP contribution in [0.3, 0.4) is 0 Å². The Balaban J connectivity index is 1.83. The molecule has 2 aromatic heterocycles. The first-order chi connectivity index (χ1) is 14.5. The third-order valence-corrected chi connectivity index (χ3v) is 5.37. The fraction of sp³-hybridized carbons (Fsp3) is 0.273. The zero-order valence-corrected chi connectivity index (χ0v) is 17.9. The minimum atomic E-state index is -0.472. The van der Waals surface area contributed by atoms with Gasteiger partial charge in [-0.3, -0.25) is 4.79 Å². The van der Waals surface area contributed by atoms with Crippen molar-refractivity contribution in [3.8, 4) is 27.7 Å². The molecule has 0 radical (unpaired) electrons. The van der Waals surface area contributed by atoms with Crippen molar-refractivity contribution in [2.75, 3.05) is 19.5 Å². The standard InChI is InChI=1S/C22H23N3O4S/c1-4-5-6-20(26)24-15-12-19(30-13-15)17-9-10-23-21(25-17)14-7-8-16(22(27)29-3)18(11-14)28-2/h7-13H,4-6H2,1-3H3,(H,24,26). The molecule has 0 aliphatic rings. The first-order valence-electron chi connectivity index (χ1n) is 9.54. The van der Waals surface area contributed by atoms with Gasteiger partial charge in [-0.25, -0.2) is 14.8 Å². The van der Waals surface area contributed by atoms with Crippen molar-refractivity contribution in [3.05, 3.63) is 47.5 Å². The van der Waals surface area contributed by atoms with E-state index in [0.29, 0.717) is 29.1 Å². The number of carbonyl (C=O) groups excluding carboxylic acids is 2. The number of anilines is 1. The zero-order chi connectivity index (χ0) is 21.5.